The topological polar surface area (TPSA) is 48.5 Å². The van der Waals surface area contributed by atoms with E-state index in [0.29, 0.717) is 31.9 Å². The van der Waals surface area contributed by atoms with Crippen molar-refractivity contribution in [3.8, 4) is 0 Å². The first-order valence-electron chi connectivity index (χ1n) is 9.71. The molecule has 2 amide bonds. The van der Waals surface area contributed by atoms with Crippen LogP contribution in [0.5, 0.6) is 0 Å². The van der Waals surface area contributed by atoms with Crippen LogP contribution in [0, 0.1) is 0 Å². The molecular formula is C21H21F3N4OS. The number of alkyl halides is 3. The Morgan fingerprint density at radius 1 is 1.10 bits per heavy atom. The number of aryl methyl sites for hydroxylation is 1. The summed E-state index contributed by atoms with van der Waals surface area (Å²) in [6, 6.07) is 10.5. The number of piperazine rings is 1. The largest absolute Gasteiger partial charge is 0.416 e. The molecule has 0 radical (unpaired) electrons. The van der Waals surface area contributed by atoms with Crippen LogP contribution in [0.4, 0.5) is 28.8 Å². The van der Waals surface area contributed by atoms with Crippen molar-refractivity contribution in [3.63, 3.8) is 0 Å². The molecule has 1 N–H and O–H groups in total. The van der Waals surface area contributed by atoms with Gasteiger partial charge in [-0.1, -0.05) is 24.3 Å². The van der Waals surface area contributed by atoms with E-state index in [4.69, 9.17) is 4.98 Å². The van der Waals surface area contributed by atoms with Crippen molar-refractivity contribution in [2.45, 2.75) is 19.5 Å². The van der Waals surface area contributed by atoms with Crippen LogP contribution < -0.4 is 10.2 Å². The predicted octanol–water partition coefficient (Wildman–Crippen LogP) is 5.23. The Kier molecular flexibility index (Phi) is 5.55. The second kappa shape index (κ2) is 8.14. The molecule has 5 nitrogen and oxygen atoms in total. The Morgan fingerprint density at radius 2 is 1.80 bits per heavy atom. The third kappa shape index (κ3) is 4.35. The minimum absolute atomic E-state index is 0.314. The normalized spacial score (nSPS) is 14.9. The van der Waals surface area contributed by atoms with Gasteiger partial charge >= 0.3 is 12.2 Å². The fourth-order valence-corrected chi connectivity index (χ4v) is 4.44. The molecule has 2 heterocycles. The van der Waals surface area contributed by atoms with Gasteiger partial charge in [0, 0.05) is 31.9 Å². The maximum atomic E-state index is 12.7. The van der Waals surface area contributed by atoms with E-state index in [1.54, 1.807) is 16.2 Å². The number of thiazole rings is 1. The van der Waals surface area contributed by atoms with Gasteiger partial charge in [0.25, 0.3) is 0 Å². The van der Waals surface area contributed by atoms with Gasteiger partial charge in [0.15, 0.2) is 5.13 Å². The number of halogens is 3. The molecule has 1 fully saturated rings. The van der Waals surface area contributed by atoms with E-state index in [0.717, 1.165) is 33.9 Å². The number of carbonyl (C=O) groups excluding carboxylic acids is 1. The number of anilines is 2. The van der Waals surface area contributed by atoms with Crippen molar-refractivity contribution >= 4 is 38.4 Å². The fourth-order valence-electron chi connectivity index (χ4n) is 3.36. The van der Waals surface area contributed by atoms with E-state index in [1.807, 2.05) is 6.07 Å². The molecule has 1 saturated heterocycles. The molecule has 0 saturated carbocycles. The van der Waals surface area contributed by atoms with Crippen molar-refractivity contribution in [2.75, 3.05) is 36.4 Å². The van der Waals surface area contributed by atoms with E-state index in [-0.39, 0.29) is 6.03 Å². The number of rotatable bonds is 3. The molecular weight excluding hydrogens is 413 g/mol. The molecule has 0 aliphatic carbocycles. The Morgan fingerprint density at radius 3 is 2.43 bits per heavy atom. The van der Waals surface area contributed by atoms with Crippen LogP contribution in [0.25, 0.3) is 10.2 Å². The minimum Gasteiger partial charge on any atom is -0.345 e. The number of carbonyl (C=O) groups is 1. The van der Waals surface area contributed by atoms with Gasteiger partial charge in [-0.3, -0.25) is 0 Å². The zero-order valence-electron chi connectivity index (χ0n) is 16.4. The minimum atomic E-state index is -4.39. The Bertz CT molecular complexity index is 1040. The molecule has 1 aliphatic heterocycles. The van der Waals surface area contributed by atoms with Gasteiger partial charge in [-0.25, -0.2) is 9.78 Å². The summed E-state index contributed by atoms with van der Waals surface area (Å²) >= 11 is 1.65. The number of fused-ring (bicyclic) bond motifs is 1. The average Bonchev–Trinajstić information content (AvgIpc) is 3.17. The van der Waals surface area contributed by atoms with E-state index >= 15 is 0 Å². The number of nitrogens with one attached hydrogen (secondary N) is 1. The first-order chi connectivity index (χ1) is 14.3. The molecule has 0 spiro atoms. The van der Waals surface area contributed by atoms with Crippen LogP contribution in [0.3, 0.4) is 0 Å². The summed E-state index contributed by atoms with van der Waals surface area (Å²) in [6.07, 6.45) is -3.41. The first-order valence-corrected chi connectivity index (χ1v) is 10.5. The van der Waals surface area contributed by atoms with E-state index in [9.17, 15) is 18.0 Å². The van der Waals surface area contributed by atoms with E-state index in [1.165, 1.54) is 17.7 Å². The molecule has 158 valence electrons. The maximum absolute atomic E-state index is 12.7. The van der Waals surface area contributed by atoms with Crippen molar-refractivity contribution in [3.05, 3.63) is 53.6 Å². The number of nitrogens with zero attached hydrogens (tertiary/aromatic N) is 3. The van der Waals surface area contributed by atoms with Crippen LogP contribution in [0.15, 0.2) is 42.5 Å². The molecule has 3 aromatic rings. The van der Waals surface area contributed by atoms with Gasteiger partial charge in [0.2, 0.25) is 0 Å². The third-order valence-corrected chi connectivity index (χ3v) is 6.23. The summed E-state index contributed by atoms with van der Waals surface area (Å²) < 4.78 is 39.1. The molecule has 2 aromatic carbocycles. The standard InChI is InChI=1S/C21H21F3N4OS/c1-2-14-3-8-17-18(13-14)30-20(26-17)28-11-9-27(10-12-28)19(29)25-16-6-4-15(5-7-16)21(22,23)24/h3-8,13H,2,9-12H2,1H3,(H,25,29). The third-order valence-electron chi connectivity index (χ3n) is 5.15. The van der Waals surface area contributed by atoms with Crippen LogP contribution in [0.2, 0.25) is 0 Å². The SMILES string of the molecule is CCc1ccc2nc(N3CCN(C(=O)Nc4ccc(C(F)(F)F)cc4)CC3)sc2c1. The van der Waals surface area contributed by atoms with Gasteiger partial charge in [0.1, 0.15) is 0 Å². The summed E-state index contributed by atoms with van der Waals surface area (Å²) in [7, 11) is 0. The van der Waals surface area contributed by atoms with E-state index in [2.05, 4.69) is 29.3 Å². The Hall–Kier alpha value is -2.81. The van der Waals surface area contributed by atoms with Gasteiger partial charge < -0.3 is 15.1 Å². The summed E-state index contributed by atoms with van der Waals surface area (Å²) in [5, 5.41) is 3.61. The number of amides is 2. The fraction of sp³-hybridized carbons (Fsp3) is 0.333. The Balaban J connectivity index is 1.35. The van der Waals surface area contributed by atoms with Gasteiger partial charge in [-0.15, -0.1) is 0 Å². The van der Waals surface area contributed by atoms with Crippen molar-refractivity contribution in [1.82, 2.24) is 9.88 Å². The molecule has 9 heteroatoms. The highest BCUT2D eigenvalue weighted by Gasteiger charge is 2.30. The molecule has 0 bridgehead atoms. The highest BCUT2D eigenvalue weighted by atomic mass is 32.1. The van der Waals surface area contributed by atoms with Gasteiger partial charge in [-0.2, -0.15) is 13.2 Å². The second-order valence-electron chi connectivity index (χ2n) is 7.13. The molecule has 1 aromatic heterocycles. The predicted molar refractivity (Wildman–Crippen MR) is 113 cm³/mol. The van der Waals surface area contributed by atoms with Gasteiger partial charge in [0.05, 0.1) is 15.8 Å². The number of aromatic nitrogens is 1. The average molecular weight is 434 g/mol. The number of hydrogen-bond donors (Lipinski definition) is 1. The second-order valence-corrected chi connectivity index (χ2v) is 8.14. The van der Waals surface area contributed by atoms with Crippen LogP contribution in [-0.2, 0) is 12.6 Å². The quantitative estimate of drug-likeness (QED) is 0.614. The number of benzene rings is 2. The highest BCUT2D eigenvalue weighted by molar-refractivity contribution is 7.22. The maximum Gasteiger partial charge on any atom is 0.416 e. The van der Waals surface area contributed by atoms with Crippen LogP contribution >= 0.6 is 11.3 Å². The van der Waals surface area contributed by atoms with E-state index < -0.39 is 11.7 Å². The Labute approximate surface area is 176 Å². The lowest BCUT2D eigenvalue weighted by Gasteiger charge is -2.34. The number of urea groups is 1. The lowest BCUT2D eigenvalue weighted by Crippen LogP contribution is -2.50. The zero-order chi connectivity index (χ0) is 21.3. The van der Waals surface area contributed by atoms with Gasteiger partial charge in [-0.05, 0) is 48.4 Å². The monoisotopic (exact) mass is 434 g/mol. The summed E-state index contributed by atoms with van der Waals surface area (Å²) in [5.41, 5.74) is 1.86. The van der Waals surface area contributed by atoms with Crippen LogP contribution in [-0.4, -0.2) is 42.1 Å². The number of hydrogen-bond acceptors (Lipinski definition) is 4. The zero-order valence-corrected chi connectivity index (χ0v) is 17.2. The summed E-state index contributed by atoms with van der Waals surface area (Å²) in [6.45, 7) is 4.46. The van der Waals surface area contributed by atoms with Crippen LogP contribution in [0.1, 0.15) is 18.1 Å². The van der Waals surface area contributed by atoms with Crippen molar-refractivity contribution in [2.24, 2.45) is 0 Å². The van der Waals surface area contributed by atoms with Crippen molar-refractivity contribution < 1.29 is 18.0 Å². The smallest absolute Gasteiger partial charge is 0.345 e. The molecule has 4 rings (SSSR count). The highest BCUT2D eigenvalue weighted by Crippen LogP contribution is 2.31. The molecule has 0 unspecified atom stereocenters. The molecule has 30 heavy (non-hydrogen) atoms. The first kappa shape index (κ1) is 20.5. The van der Waals surface area contributed by atoms with Crippen molar-refractivity contribution in [1.29, 1.82) is 0 Å². The molecule has 0 atom stereocenters. The molecule has 1 aliphatic rings. The lowest BCUT2D eigenvalue weighted by atomic mass is 10.2. The summed E-state index contributed by atoms with van der Waals surface area (Å²) in [5.74, 6) is 0. The summed E-state index contributed by atoms with van der Waals surface area (Å²) in [4.78, 5) is 21.0. The lowest BCUT2D eigenvalue weighted by molar-refractivity contribution is -0.137.